The summed E-state index contributed by atoms with van der Waals surface area (Å²) in [4.78, 5) is 74.2. The average Bonchev–Trinajstić information content (AvgIpc) is 4.14. The van der Waals surface area contributed by atoms with E-state index >= 15 is 0 Å². The largest absolute Gasteiger partial charge is 0.493 e. The monoisotopic (exact) mass is 1160 g/mol. The Hall–Kier alpha value is -6.77. The molecule has 434 valence electrons. The number of thioether (sulfide) groups is 1. The summed E-state index contributed by atoms with van der Waals surface area (Å²) in [6.07, 6.45) is 6.77. The quantitative estimate of drug-likeness (QED) is 0.0312. The van der Waals surface area contributed by atoms with Gasteiger partial charge in [-0.25, -0.2) is 0 Å². The number of nitrogens with zero attached hydrogens (tertiary/aromatic N) is 4. The molecule has 0 aromatic heterocycles. The van der Waals surface area contributed by atoms with Crippen molar-refractivity contribution >= 4 is 68.4 Å². The summed E-state index contributed by atoms with van der Waals surface area (Å²) < 4.78 is 67.9. The Bertz CT molecular complexity index is 3350. The second-order valence-corrected chi connectivity index (χ2v) is 24.5. The lowest BCUT2D eigenvalue weighted by Gasteiger charge is -2.27. The molecule has 82 heavy (non-hydrogen) atoms. The molecule has 5 aromatic carbocycles. The van der Waals surface area contributed by atoms with Gasteiger partial charge < -0.3 is 38.4 Å². The van der Waals surface area contributed by atoms with Gasteiger partial charge in [0, 0.05) is 79.7 Å². The van der Waals surface area contributed by atoms with Crippen LogP contribution in [0.1, 0.15) is 112 Å². The highest BCUT2D eigenvalue weighted by atomic mass is 32.2. The van der Waals surface area contributed by atoms with Crippen LogP contribution < -0.4 is 28.9 Å². The molecule has 5 aliphatic heterocycles. The van der Waals surface area contributed by atoms with Crippen molar-refractivity contribution in [2.45, 2.75) is 120 Å². The zero-order valence-corrected chi connectivity index (χ0v) is 48.7. The van der Waals surface area contributed by atoms with Crippen molar-refractivity contribution in [3.63, 3.8) is 0 Å². The second-order valence-electron chi connectivity index (χ2n) is 21.8. The van der Waals surface area contributed by atoms with E-state index in [0.29, 0.717) is 104 Å². The number of aryl methyl sites for hydroxylation is 2. The maximum Gasteiger partial charge on any atom is 0.270 e. The molecule has 0 aliphatic carbocycles. The highest BCUT2D eigenvalue weighted by Crippen LogP contribution is 2.43. The van der Waals surface area contributed by atoms with E-state index in [1.54, 1.807) is 31.4 Å². The van der Waals surface area contributed by atoms with Crippen LogP contribution in [0, 0.1) is 6.92 Å². The number of hydrogen-bond acceptors (Lipinski definition) is 14. The molecule has 1 N–H and O–H groups in total. The van der Waals surface area contributed by atoms with E-state index < -0.39 is 21.4 Å². The first-order valence-electron chi connectivity index (χ1n) is 28.4. The first-order valence-corrected chi connectivity index (χ1v) is 31.2. The molecule has 5 heterocycles. The van der Waals surface area contributed by atoms with Gasteiger partial charge in [-0.1, -0.05) is 43.3 Å². The van der Waals surface area contributed by atoms with Gasteiger partial charge in [-0.15, -0.1) is 0 Å². The predicted molar refractivity (Wildman–Crippen MR) is 314 cm³/mol. The molecule has 0 radical (unpaired) electrons. The lowest BCUT2D eigenvalue weighted by atomic mass is 9.97. The number of likely N-dealkylation sites (tertiary alicyclic amines) is 1. The first-order chi connectivity index (χ1) is 39.6. The van der Waals surface area contributed by atoms with Crippen LogP contribution in [0.2, 0.25) is 0 Å². The molecule has 1 saturated heterocycles. The highest BCUT2D eigenvalue weighted by molar-refractivity contribution is 8.00. The Morgan fingerprint density at radius 1 is 0.707 bits per heavy atom. The number of imide groups is 1. The number of hydrogen-bond donors (Lipinski definition) is 1. The Labute approximate surface area is 484 Å². The molecule has 19 heteroatoms. The number of para-hydroxylation sites is 2. The third kappa shape index (κ3) is 12.7. The van der Waals surface area contributed by atoms with Crippen LogP contribution in [-0.2, 0) is 72.9 Å². The minimum atomic E-state index is -4.61. The SMILES string of the molecule is CCCOCCOCCN(CCCC(=O)CCCN1C(=O)CC(SC)C1=O)c1cc(COc2cc3c(cc2C)C(=O)N2c4ccccc4CC2C(S(=O)(=O)O)C3)cc(COc2cc3c(cc2OC)C(=O)N2c4ccccc4CC2CC3)c1. The Morgan fingerprint density at radius 3 is 2.05 bits per heavy atom. The minimum absolute atomic E-state index is 0.0357. The number of carbonyl (C=O) groups is 5. The Morgan fingerprint density at radius 2 is 1.35 bits per heavy atom. The van der Waals surface area contributed by atoms with Gasteiger partial charge in [0.25, 0.3) is 21.9 Å². The van der Waals surface area contributed by atoms with E-state index in [2.05, 4.69) is 11.0 Å². The molecule has 4 atom stereocenters. The third-order valence-electron chi connectivity index (χ3n) is 16.4. The normalized spacial score (nSPS) is 19.0. The fourth-order valence-corrected chi connectivity index (χ4v) is 13.9. The van der Waals surface area contributed by atoms with E-state index in [4.69, 9.17) is 23.7 Å². The van der Waals surface area contributed by atoms with Crippen molar-refractivity contribution in [2.75, 3.05) is 74.1 Å². The van der Waals surface area contributed by atoms with Gasteiger partial charge in [0.2, 0.25) is 11.8 Å². The topological polar surface area (TPSA) is 199 Å². The zero-order valence-electron chi connectivity index (χ0n) is 47.1. The molecule has 5 aromatic rings. The number of rotatable bonds is 26. The molecule has 4 amide bonds. The molecule has 0 bridgehead atoms. The number of anilines is 3. The maximum absolute atomic E-state index is 14.4. The fraction of sp³-hybridized carbons (Fsp3) is 0.444. The standard InChI is InChI=1S/C63H72N4O13S2/c1-5-23-77-25-26-78-24-22-64(20-10-14-49(68)15-11-21-65-60(69)37-58(81-4)63(65)72)48-29-41(38-79-55-34-46-35-59(82(73,74)75)54-32-45-13-7-9-17-53(45)67(54)62(71)50(46)27-40(55)2)28-42(30-48)39-80-57-33-43-18-19-47-31-44-12-6-8-16-52(44)66(47)61(70)51(43)36-56(57)76-3/h6-9,12-13,16-17,27-30,33-34,36,47,54,58-59H,5,10-11,14-15,18-26,31-32,35,37-39H2,1-4H3,(H,73,74,75). The van der Waals surface area contributed by atoms with Gasteiger partial charge in [0.1, 0.15) is 30.0 Å². The smallest absolute Gasteiger partial charge is 0.270 e. The van der Waals surface area contributed by atoms with Crippen LogP contribution in [0.25, 0.3) is 0 Å². The first kappa shape index (κ1) is 58.4. The Balaban J connectivity index is 0.919. The summed E-state index contributed by atoms with van der Waals surface area (Å²) in [6.45, 7) is 7.07. The Kier molecular flexibility index (Phi) is 18.4. The maximum atomic E-state index is 14.4. The van der Waals surface area contributed by atoms with Gasteiger partial charge in [-0.3, -0.25) is 33.4 Å². The molecule has 0 saturated carbocycles. The molecule has 10 rings (SSSR count). The fourth-order valence-electron chi connectivity index (χ4n) is 12.2. The number of benzene rings is 5. The number of ketones is 1. The summed E-state index contributed by atoms with van der Waals surface area (Å²) in [5, 5.41) is -1.65. The van der Waals surface area contributed by atoms with Crippen LogP contribution in [0.15, 0.2) is 91.0 Å². The molecule has 0 spiro atoms. The van der Waals surface area contributed by atoms with Gasteiger partial charge >= 0.3 is 0 Å². The molecule has 1 fully saturated rings. The highest BCUT2D eigenvalue weighted by Gasteiger charge is 2.47. The number of carbonyl (C=O) groups excluding carboxylic acids is 5. The predicted octanol–water partition coefficient (Wildman–Crippen LogP) is 8.93. The number of methoxy groups -OCH3 is 1. The van der Waals surface area contributed by atoms with Crippen molar-refractivity contribution < 1.29 is 60.6 Å². The van der Waals surface area contributed by atoms with Gasteiger partial charge in [-0.2, -0.15) is 20.2 Å². The van der Waals surface area contributed by atoms with Crippen LogP contribution >= 0.6 is 11.8 Å². The van der Waals surface area contributed by atoms with E-state index in [1.165, 1.54) is 21.6 Å². The summed E-state index contributed by atoms with van der Waals surface area (Å²) in [5.41, 5.74) is 8.85. The zero-order chi connectivity index (χ0) is 57.7. The van der Waals surface area contributed by atoms with Crippen LogP contribution in [0.3, 0.4) is 0 Å². The van der Waals surface area contributed by atoms with Gasteiger partial charge in [0.15, 0.2) is 11.5 Å². The van der Waals surface area contributed by atoms with Crippen molar-refractivity contribution in [3.05, 3.63) is 141 Å². The lowest BCUT2D eigenvalue weighted by molar-refractivity contribution is -0.138. The van der Waals surface area contributed by atoms with Gasteiger partial charge in [0.05, 0.1) is 38.2 Å². The summed E-state index contributed by atoms with van der Waals surface area (Å²) in [5.74, 6) is 0.585. The molecular formula is C63H72N4O13S2. The number of Topliss-reactive ketones (excluding diaryl/α,β-unsaturated/α-hetero) is 1. The minimum Gasteiger partial charge on any atom is -0.493 e. The van der Waals surface area contributed by atoms with Crippen molar-refractivity contribution in [1.82, 2.24) is 4.90 Å². The van der Waals surface area contributed by atoms with Crippen LogP contribution in [0.5, 0.6) is 17.2 Å². The molecule has 5 aliphatic rings. The molecule has 4 unspecified atom stereocenters. The van der Waals surface area contributed by atoms with Crippen LogP contribution in [0.4, 0.5) is 17.1 Å². The third-order valence-corrected chi connectivity index (χ3v) is 18.6. The lowest BCUT2D eigenvalue weighted by Crippen LogP contribution is -2.47. The van der Waals surface area contributed by atoms with Gasteiger partial charge in [-0.05, 0) is 158 Å². The van der Waals surface area contributed by atoms with Crippen molar-refractivity contribution in [2.24, 2.45) is 0 Å². The number of fused-ring (bicyclic) bond motifs is 8. The van der Waals surface area contributed by atoms with E-state index in [1.807, 2.05) is 85.7 Å². The van der Waals surface area contributed by atoms with Crippen molar-refractivity contribution in [3.8, 4) is 17.2 Å². The summed E-state index contributed by atoms with van der Waals surface area (Å²) in [7, 11) is -3.05. The average molecular weight is 1160 g/mol. The van der Waals surface area contributed by atoms with Crippen LogP contribution in [-0.4, -0.2) is 129 Å². The molecule has 17 nitrogen and oxygen atoms in total. The summed E-state index contributed by atoms with van der Waals surface area (Å²) in [6, 6.07) is 27.8. The molecular weight excluding hydrogens is 1080 g/mol. The summed E-state index contributed by atoms with van der Waals surface area (Å²) >= 11 is 1.37. The van der Waals surface area contributed by atoms with Crippen molar-refractivity contribution in [1.29, 1.82) is 0 Å². The number of amides is 4. The van der Waals surface area contributed by atoms with E-state index in [0.717, 1.165) is 58.5 Å². The number of ether oxygens (including phenoxy) is 5. The van der Waals surface area contributed by atoms with E-state index in [9.17, 15) is 36.9 Å². The second kappa shape index (κ2) is 25.8. The van der Waals surface area contributed by atoms with E-state index in [-0.39, 0.29) is 92.6 Å².